The highest BCUT2D eigenvalue weighted by Crippen LogP contribution is 2.24. The van der Waals surface area contributed by atoms with Crippen LogP contribution in [0.4, 0.5) is 10.1 Å². The molecule has 2 aromatic carbocycles. The van der Waals surface area contributed by atoms with Crippen LogP contribution in [0.2, 0.25) is 5.02 Å². The smallest absolute Gasteiger partial charge is 0.304 e. The molecule has 0 aliphatic heterocycles. The number of benzene rings is 2. The molecule has 2 amide bonds. The first-order valence-electron chi connectivity index (χ1n) is 11.8. The zero-order valence-corrected chi connectivity index (χ0v) is 22.7. The maximum Gasteiger partial charge on any atom is 0.304 e. The van der Waals surface area contributed by atoms with Crippen LogP contribution in [-0.2, 0) is 26.3 Å². The number of para-hydroxylation sites is 1. The molecular weight excluding hydrogens is 507 g/mol. The van der Waals surface area contributed by atoms with Gasteiger partial charge >= 0.3 is 10.2 Å². The molecule has 1 atom stereocenters. The third-order valence-electron chi connectivity index (χ3n) is 5.62. The third-order valence-corrected chi connectivity index (χ3v) is 7.68. The minimum atomic E-state index is -4.23. The molecule has 0 radical (unpaired) electrons. The maximum atomic E-state index is 14.7. The molecule has 1 unspecified atom stereocenters. The van der Waals surface area contributed by atoms with Crippen LogP contribution < -0.4 is 9.62 Å². The summed E-state index contributed by atoms with van der Waals surface area (Å²) in [6.45, 7) is 3.60. The van der Waals surface area contributed by atoms with Crippen LogP contribution in [0, 0.1) is 5.82 Å². The number of carbonyl (C=O) groups is 2. The normalized spacial score (nSPS) is 12.3. The van der Waals surface area contributed by atoms with Crippen molar-refractivity contribution in [3.8, 4) is 0 Å². The Bertz CT molecular complexity index is 1130. The van der Waals surface area contributed by atoms with Gasteiger partial charge in [0.2, 0.25) is 11.8 Å². The van der Waals surface area contributed by atoms with E-state index < -0.39 is 34.5 Å². The van der Waals surface area contributed by atoms with Crippen molar-refractivity contribution in [1.82, 2.24) is 14.5 Å². The number of carbonyl (C=O) groups excluding carboxylic acids is 2. The molecule has 0 saturated heterocycles. The van der Waals surface area contributed by atoms with Gasteiger partial charge in [-0.1, -0.05) is 56.1 Å². The van der Waals surface area contributed by atoms with Gasteiger partial charge in [-0.05, 0) is 42.7 Å². The lowest BCUT2D eigenvalue weighted by molar-refractivity contribution is -0.140. The number of rotatable bonds is 13. The molecule has 0 spiro atoms. The van der Waals surface area contributed by atoms with Crippen molar-refractivity contribution in [3.05, 3.63) is 64.9 Å². The molecule has 36 heavy (non-hydrogen) atoms. The Hall–Kier alpha value is -2.69. The Labute approximate surface area is 218 Å². The average Bonchev–Trinajstić information content (AvgIpc) is 2.84. The SMILES string of the molecule is CCCCNC(=O)C(CC)N(Cc1ccc(Cl)cc1)C(=O)CN(c1ccccc1F)S(=O)(=O)N(C)C. The molecule has 0 aliphatic carbocycles. The van der Waals surface area contributed by atoms with Gasteiger partial charge < -0.3 is 10.2 Å². The van der Waals surface area contributed by atoms with Gasteiger partial charge in [0.1, 0.15) is 18.4 Å². The Morgan fingerprint density at radius 1 is 1.06 bits per heavy atom. The highest BCUT2D eigenvalue weighted by atomic mass is 35.5. The van der Waals surface area contributed by atoms with Crippen molar-refractivity contribution in [1.29, 1.82) is 0 Å². The summed E-state index contributed by atoms with van der Waals surface area (Å²) in [6.07, 6.45) is 1.98. The zero-order valence-electron chi connectivity index (χ0n) is 21.1. The molecule has 0 saturated carbocycles. The summed E-state index contributed by atoms with van der Waals surface area (Å²) in [5.74, 6) is -1.76. The van der Waals surface area contributed by atoms with Crippen LogP contribution in [0.25, 0.3) is 0 Å². The van der Waals surface area contributed by atoms with Crippen molar-refractivity contribution in [2.24, 2.45) is 0 Å². The van der Waals surface area contributed by atoms with Crippen LogP contribution in [0.15, 0.2) is 48.5 Å². The maximum absolute atomic E-state index is 14.7. The van der Waals surface area contributed by atoms with Gasteiger partial charge in [0.25, 0.3) is 0 Å². The van der Waals surface area contributed by atoms with Crippen molar-refractivity contribution >= 4 is 39.3 Å². The summed E-state index contributed by atoms with van der Waals surface area (Å²) in [6, 6.07) is 11.3. The minimum absolute atomic E-state index is 0.0445. The second-order valence-electron chi connectivity index (χ2n) is 8.46. The number of nitrogens with zero attached hydrogens (tertiary/aromatic N) is 3. The number of unbranched alkanes of at least 4 members (excludes halogenated alkanes) is 1. The predicted molar refractivity (Wildman–Crippen MR) is 140 cm³/mol. The van der Waals surface area contributed by atoms with Crippen LogP contribution in [0.5, 0.6) is 0 Å². The minimum Gasteiger partial charge on any atom is -0.354 e. The first-order chi connectivity index (χ1) is 17.0. The summed E-state index contributed by atoms with van der Waals surface area (Å²) in [7, 11) is -1.63. The van der Waals surface area contributed by atoms with E-state index in [0.717, 1.165) is 27.5 Å². The molecular formula is C25H34ClFN4O4S. The van der Waals surface area contributed by atoms with E-state index in [1.54, 1.807) is 31.2 Å². The lowest BCUT2D eigenvalue weighted by atomic mass is 10.1. The van der Waals surface area contributed by atoms with Crippen LogP contribution in [0.1, 0.15) is 38.7 Å². The van der Waals surface area contributed by atoms with Gasteiger partial charge in [0.05, 0.1) is 5.69 Å². The van der Waals surface area contributed by atoms with Crippen molar-refractivity contribution in [2.75, 3.05) is 31.5 Å². The van der Waals surface area contributed by atoms with E-state index in [-0.39, 0.29) is 18.1 Å². The van der Waals surface area contributed by atoms with Gasteiger partial charge in [-0.2, -0.15) is 12.7 Å². The number of hydrogen-bond acceptors (Lipinski definition) is 4. The molecule has 0 aliphatic rings. The Balaban J connectivity index is 2.47. The Kier molecular flexibility index (Phi) is 11.1. The number of anilines is 1. The highest BCUT2D eigenvalue weighted by Gasteiger charge is 2.34. The predicted octanol–water partition coefficient (Wildman–Crippen LogP) is 3.82. The summed E-state index contributed by atoms with van der Waals surface area (Å²) in [5, 5.41) is 3.37. The van der Waals surface area contributed by atoms with E-state index in [1.165, 1.54) is 37.2 Å². The second-order valence-corrected chi connectivity index (χ2v) is 11.0. The topological polar surface area (TPSA) is 90.0 Å². The third kappa shape index (κ3) is 7.65. The van der Waals surface area contributed by atoms with E-state index >= 15 is 0 Å². The molecule has 1 N–H and O–H groups in total. The molecule has 11 heteroatoms. The second kappa shape index (κ2) is 13.6. The fourth-order valence-electron chi connectivity index (χ4n) is 3.57. The van der Waals surface area contributed by atoms with Crippen LogP contribution in [0.3, 0.4) is 0 Å². The highest BCUT2D eigenvalue weighted by molar-refractivity contribution is 7.90. The van der Waals surface area contributed by atoms with Gasteiger partial charge in [-0.3, -0.25) is 9.59 Å². The fourth-order valence-corrected chi connectivity index (χ4v) is 4.76. The summed E-state index contributed by atoms with van der Waals surface area (Å²) in [5.41, 5.74) is 0.451. The lowest BCUT2D eigenvalue weighted by Gasteiger charge is -2.34. The molecule has 0 aromatic heterocycles. The Morgan fingerprint density at radius 3 is 2.25 bits per heavy atom. The molecule has 8 nitrogen and oxygen atoms in total. The first kappa shape index (κ1) is 29.5. The number of halogens is 2. The molecule has 0 fully saturated rings. The summed E-state index contributed by atoms with van der Waals surface area (Å²) < 4.78 is 42.5. The molecule has 2 rings (SSSR count). The van der Waals surface area contributed by atoms with Gasteiger partial charge in [0, 0.05) is 32.2 Å². The van der Waals surface area contributed by atoms with Crippen molar-refractivity contribution < 1.29 is 22.4 Å². The van der Waals surface area contributed by atoms with E-state index in [4.69, 9.17) is 11.6 Å². The first-order valence-corrected chi connectivity index (χ1v) is 13.6. The molecule has 198 valence electrons. The molecule has 2 aromatic rings. The summed E-state index contributed by atoms with van der Waals surface area (Å²) in [4.78, 5) is 28.1. The van der Waals surface area contributed by atoms with Crippen molar-refractivity contribution in [2.45, 2.75) is 45.7 Å². The monoisotopic (exact) mass is 540 g/mol. The average molecular weight is 541 g/mol. The van der Waals surface area contributed by atoms with Crippen LogP contribution in [-0.4, -0.2) is 62.7 Å². The fraction of sp³-hybridized carbons (Fsp3) is 0.440. The van der Waals surface area contributed by atoms with Crippen LogP contribution >= 0.6 is 11.6 Å². The van der Waals surface area contributed by atoms with Gasteiger partial charge in [-0.15, -0.1) is 0 Å². The number of nitrogens with one attached hydrogen (secondary N) is 1. The molecule has 0 bridgehead atoms. The zero-order chi connectivity index (χ0) is 26.9. The standard InChI is InChI=1S/C25H34ClFN4O4S/c1-5-7-16-28-25(33)22(6-2)30(17-19-12-14-20(26)15-13-19)24(32)18-31(36(34,35)29(3)4)23-11-9-8-10-21(23)27/h8-15,22H,5-7,16-18H2,1-4H3,(H,28,33). The largest absolute Gasteiger partial charge is 0.354 e. The van der Waals surface area contributed by atoms with E-state index in [1.807, 2.05) is 6.92 Å². The van der Waals surface area contributed by atoms with E-state index in [2.05, 4.69) is 5.32 Å². The van der Waals surface area contributed by atoms with Gasteiger partial charge in [-0.25, -0.2) is 8.70 Å². The number of amides is 2. The van der Waals surface area contributed by atoms with E-state index in [0.29, 0.717) is 23.6 Å². The molecule has 0 heterocycles. The summed E-state index contributed by atoms with van der Waals surface area (Å²) >= 11 is 6.00. The lowest BCUT2D eigenvalue weighted by Crippen LogP contribution is -2.53. The van der Waals surface area contributed by atoms with E-state index in [9.17, 15) is 22.4 Å². The Morgan fingerprint density at radius 2 is 1.69 bits per heavy atom. The quantitative estimate of drug-likeness (QED) is 0.391. The van der Waals surface area contributed by atoms with Crippen molar-refractivity contribution in [3.63, 3.8) is 0 Å². The number of hydrogen-bond donors (Lipinski definition) is 1. The van der Waals surface area contributed by atoms with Gasteiger partial charge in [0.15, 0.2) is 0 Å².